The van der Waals surface area contributed by atoms with Crippen molar-refractivity contribution in [1.82, 2.24) is 4.90 Å². The zero-order valence-corrected chi connectivity index (χ0v) is 19.6. The molecule has 0 aliphatic carbocycles. The summed E-state index contributed by atoms with van der Waals surface area (Å²) in [7, 11) is -4.25. The molecule has 2 N–H and O–H groups in total. The smallest absolute Gasteiger partial charge is 0.267 e. The number of hydrogen-bond donors (Lipinski definition) is 2. The second kappa shape index (κ2) is 18.1. The van der Waals surface area contributed by atoms with Crippen LogP contribution in [0.5, 0.6) is 0 Å². The van der Waals surface area contributed by atoms with Gasteiger partial charge in [0.1, 0.15) is 5.75 Å². The molecule has 0 saturated carbocycles. The van der Waals surface area contributed by atoms with Crippen LogP contribution < -0.4 is 0 Å². The Labute approximate surface area is 179 Å². The normalized spacial score (nSPS) is 12.8. The first-order valence-electron chi connectivity index (χ1n) is 11.7. The Morgan fingerprint density at radius 2 is 1.24 bits per heavy atom. The van der Waals surface area contributed by atoms with E-state index in [2.05, 4.69) is 13.8 Å². The topological polar surface area (TPSA) is 94.9 Å². The van der Waals surface area contributed by atoms with E-state index in [-0.39, 0.29) is 12.5 Å². The van der Waals surface area contributed by atoms with E-state index in [0.717, 1.165) is 44.9 Å². The Kier molecular flexibility index (Phi) is 17.7. The van der Waals surface area contributed by atoms with Crippen LogP contribution in [0.25, 0.3) is 0 Å². The van der Waals surface area contributed by atoms with Gasteiger partial charge in [-0.05, 0) is 12.8 Å². The van der Waals surface area contributed by atoms with Crippen LogP contribution in [0.15, 0.2) is 0 Å². The number of rotatable bonds is 20. The second-order valence-electron chi connectivity index (χ2n) is 8.23. The quantitative estimate of drug-likeness (QED) is 0.208. The summed E-state index contributed by atoms with van der Waals surface area (Å²) in [6, 6.07) is 0. The highest BCUT2D eigenvalue weighted by Gasteiger charge is 2.20. The molecule has 1 atom stereocenters. The fourth-order valence-corrected chi connectivity index (χ4v) is 4.11. The number of carbonyl (C=O) groups excluding carboxylic acids is 1. The third-order valence-corrected chi connectivity index (χ3v) is 6.02. The Hall–Kier alpha value is -0.660. The molecule has 6 nitrogen and oxygen atoms in total. The lowest BCUT2D eigenvalue weighted by Crippen LogP contribution is -2.40. The number of hydrogen-bond acceptors (Lipinski definition) is 4. The van der Waals surface area contributed by atoms with E-state index < -0.39 is 22.0 Å². The van der Waals surface area contributed by atoms with Gasteiger partial charge in [0.15, 0.2) is 0 Å². The summed E-state index contributed by atoms with van der Waals surface area (Å²) < 4.78 is 30.9. The van der Waals surface area contributed by atoms with Gasteiger partial charge in [0.2, 0.25) is 5.91 Å². The molecule has 0 aromatic carbocycles. The number of unbranched alkanes of at least 4 members (excludes halogenated alkanes) is 12. The molecule has 0 fully saturated rings. The first-order chi connectivity index (χ1) is 13.8. The van der Waals surface area contributed by atoms with Gasteiger partial charge in [0, 0.05) is 19.5 Å². The third kappa shape index (κ3) is 19.1. The van der Waals surface area contributed by atoms with Gasteiger partial charge in [-0.25, -0.2) is 0 Å². The van der Waals surface area contributed by atoms with Crippen molar-refractivity contribution in [3.8, 4) is 0 Å². The van der Waals surface area contributed by atoms with Gasteiger partial charge in [0.05, 0.1) is 6.10 Å². The zero-order valence-electron chi connectivity index (χ0n) is 18.8. The molecule has 1 unspecified atom stereocenters. The van der Waals surface area contributed by atoms with Crippen molar-refractivity contribution in [2.45, 2.75) is 116 Å². The molecule has 0 radical (unpaired) electrons. The molecule has 0 rings (SSSR count). The molecule has 7 heteroatoms. The predicted molar refractivity (Wildman–Crippen MR) is 120 cm³/mol. The molecule has 0 aliphatic rings. The van der Waals surface area contributed by atoms with Crippen LogP contribution in [0.3, 0.4) is 0 Å². The van der Waals surface area contributed by atoms with Crippen LogP contribution in [-0.4, -0.2) is 53.8 Å². The average molecular weight is 436 g/mol. The molecule has 0 spiro atoms. The van der Waals surface area contributed by atoms with Gasteiger partial charge in [-0.2, -0.15) is 8.42 Å². The predicted octanol–water partition coefficient (Wildman–Crippen LogP) is 4.96. The van der Waals surface area contributed by atoms with Gasteiger partial charge >= 0.3 is 0 Å². The molecule has 29 heavy (non-hydrogen) atoms. The summed E-state index contributed by atoms with van der Waals surface area (Å²) in [5.74, 6) is -0.767. The summed E-state index contributed by atoms with van der Waals surface area (Å²) >= 11 is 0. The minimum absolute atomic E-state index is 0.0357. The van der Waals surface area contributed by atoms with Crippen molar-refractivity contribution in [3.63, 3.8) is 0 Å². The number of nitrogens with zero attached hydrogens (tertiary/aromatic N) is 1. The molecular weight excluding hydrogens is 390 g/mol. The van der Waals surface area contributed by atoms with Crippen LogP contribution >= 0.6 is 0 Å². The van der Waals surface area contributed by atoms with Crippen LogP contribution in [0, 0.1) is 0 Å². The van der Waals surface area contributed by atoms with E-state index in [9.17, 15) is 18.3 Å². The summed E-state index contributed by atoms with van der Waals surface area (Å²) in [5, 5.41) is 9.94. The van der Waals surface area contributed by atoms with E-state index >= 15 is 0 Å². The molecule has 1 amide bonds. The summed E-state index contributed by atoms with van der Waals surface area (Å²) in [4.78, 5) is 14.1. The minimum atomic E-state index is -4.25. The Bertz CT molecular complexity index is 495. The van der Waals surface area contributed by atoms with Gasteiger partial charge < -0.3 is 10.0 Å². The monoisotopic (exact) mass is 435 g/mol. The zero-order chi connectivity index (χ0) is 22.0. The summed E-state index contributed by atoms with van der Waals surface area (Å²) in [6.07, 6.45) is 15.2. The summed E-state index contributed by atoms with van der Waals surface area (Å²) in [5.41, 5.74) is 0. The third-order valence-electron chi connectivity index (χ3n) is 5.21. The van der Waals surface area contributed by atoms with E-state index in [1.54, 1.807) is 4.90 Å². The summed E-state index contributed by atoms with van der Waals surface area (Å²) in [6.45, 7) is 4.83. The van der Waals surface area contributed by atoms with Crippen molar-refractivity contribution < 1.29 is 22.9 Å². The first-order valence-corrected chi connectivity index (χ1v) is 13.3. The fourth-order valence-electron chi connectivity index (χ4n) is 3.52. The van der Waals surface area contributed by atoms with E-state index in [0.29, 0.717) is 13.0 Å². The highest BCUT2D eigenvalue weighted by Crippen LogP contribution is 2.12. The number of amides is 1. The van der Waals surface area contributed by atoms with Crippen molar-refractivity contribution in [3.05, 3.63) is 0 Å². The highest BCUT2D eigenvalue weighted by atomic mass is 32.2. The lowest BCUT2D eigenvalue weighted by Gasteiger charge is -2.25. The Balaban J connectivity index is 4.21. The minimum Gasteiger partial charge on any atom is -0.390 e. The SMILES string of the molecule is CCCCCCCCCCCCN(CC(O)CS(=O)(=O)O)C(=O)CCCCCC. The van der Waals surface area contributed by atoms with Crippen molar-refractivity contribution >= 4 is 16.0 Å². The number of aliphatic hydroxyl groups is 1. The van der Waals surface area contributed by atoms with E-state index in [1.165, 1.54) is 44.9 Å². The molecular formula is C22H45NO5S. The largest absolute Gasteiger partial charge is 0.390 e. The average Bonchev–Trinajstić information content (AvgIpc) is 2.64. The fraction of sp³-hybridized carbons (Fsp3) is 0.955. The van der Waals surface area contributed by atoms with E-state index in [4.69, 9.17) is 4.55 Å². The van der Waals surface area contributed by atoms with Crippen LogP contribution in [0.4, 0.5) is 0 Å². The van der Waals surface area contributed by atoms with Gasteiger partial charge in [-0.1, -0.05) is 90.9 Å². The standard InChI is InChI=1S/C22H45NO5S/c1-3-5-7-9-10-11-12-13-14-16-18-23(19-21(24)20-29(26,27)28)22(25)17-15-8-6-4-2/h21,24H,3-20H2,1-2H3,(H,26,27,28). The maximum absolute atomic E-state index is 12.5. The Morgan fingerprint density at radius 3 is 1.72 bits per heavy atom. The van der Waals surface area contributed by atoms with Crippen molar-refractivity contribution in [2.24, 2.45) is 0 Å². The lowest BCUT2D eigenvalue weighted by atomic mass is 10.1. The van der Waals surface area contributed by atoms with Crippen molar-refractivity contribution in [2.75, 3.05) is 18.8 Å². The molecule has 0 aromatic rings. The first kappa shape index (κ1) is 28.3. The second-order valence-corrected chi connectivity index (χ2v) is 9.73. The number of aliphatic hydroxyl groups excluding tert-OH is 1. The van der Waals surface area contributed by atoms with Crippen LogP contribution in [0.1, 0.15) is 110 Å². The maximum atomic E-state index is 12.5. The molecule has 0 saturated heterocycles. The molecule has 0 aromatic heterocycles. The van der Waals surface area contributed by atoms with Gasteiger partial charge in [0.25, 0.3) is 10.1 Å². The molecule has 0 bridgehead atoms. The van der Waals surface area contributed by atoms with Crippen LogP contribution in [0.2, 0.25) is 0 Å². The van der Waals surface area contributed by atoms with Crippen molar-refractivity contribution in [1.29, 1.82) is 0 Å². The molecule has 0 aliphatic heterocycles. The molecule has 0 heterocycles. The maximum Gasteiger partial charge on any atom is 0.267 e. The van der Waals surface area contributed by atoms with Gasteiger partial charge in [-0.15, -0.1) is 0 Å². The highest BCUT2D eigenvalue weighted by molar-refractivity contribution is 7.85. The molecule has 174 valence electrons. The van der Waals surface area contributed by atoms with Crippen LogP contribution in [-0.2, 0) is 14.9 Å². The van der Waals surface area contributed by atoms with E-state index in [1.807, 2.05) is 0 Å². The number of carbonyl (C=O) groups is 1. The van der Waals surface area contributed by atoms with Gasteiger partial charge in [-0.3, -0.25) is 9.35 Å². The lowest BCUT2D eigenvalue weighted by molar-refractivity contribution is -0.132. The Morgan fingerprint density at radius 1 is 0.793 bits per heavy atom.